The first-order valence-electron chi connectivity index (χ1n) is 9.62. The van der Waals surface area contributed by atoms with E-state index in [1.807, 2.05) is 61.5 Å². The predicted octanol–water partition coefficient (Wildman–Crippen LogP) is 4.36. The molecule has 3 aromatic carbocycles. The fourth-order valence-corrected chi connectivity index (χ4v) is 4.52. The van der Waals surface area contributed by atoms with Crippen LogP contribution in [0.5, 0.6) is 0 Å². The molecule has 0 aliphatic carbocycles. The van der Waals surface area contributed by atoms with E-state index in [1.54, 1.807) is 0 Å². The van der Waals surface area contributed by atoms with Gasteiger partial charge in [0.2, 0.25) is 15.9 Å². The molecule has 5 nitrogen and oxygen atoms in total. The van der Waals surface area contributed by atoms with E-state index in [4.69, 9.17) is 0 Å². The molecule has 0 fully saturated rings. The molecule has 0 aromatic heterocycles. The maximum Gasteiger partial charge on any atom is 0.241 e. The molecule has 31 heavy (non-hydrogen) atoms. The third-order valence-electron chi connectivity index (χ3n) is 4.75. The fraction of sp³-hybridized carbons (Fsp3) is 0.174. The molecule has 0 aliphatic rings. The molecule has 2 unspecified atom stereocenters. The van der Waals surface area contributed by atoms with E-state index in [2.05, 4.69) is 26.0 Å². The molecule has 2 atom stereocenters. The largest absolute Gasteiger partial charge is 0.348 e. The first-order valence-corrected chi connectivity index (χ1v) is 11.9. The van der Waals surface area contributed by atoms with Crippen LogP contribution in [0.2, 0.25) is 0 Å². The van der Waals surface area contributed by atoms with Crippen molar-refractivity contribution < 1.29 is 17.6 Å². The molecule has 162 valence electrons. The van der Waals surface area contributed by atoms with Gasteiger partial charge in [-0.15, -0.1) is 0 Å². The highest BCUT2D eigenvalue weighted by atomic mass is 79.9. The molecule has 0 heterocycles. The number of nitrogens with one attached hydrogen (secondary N) is 2. The summed E-state index contributed by atoms with van der Waals surface area (Å²) in [4.78, 5) is 12.9. The van der Waals surface area contributed by atoms with Crippen LogP contribution in [0.25, 0.3) is 0 Å². The summed E-state index contributed by atoms with van der Waals surface area (Å²) in [5.41, 5.74) is 1.69. The van der Waals surface area contributed by atoms with Crippen molar-refractivity contribution in [3.8, 4) is 0 Å². The molecule has 0 spiro atoms. The van der Waals surface area contributed by atoms with Gasteiger partial charge in [-0.3, -0.25) is 4.79 Å². The zero-order chi connectivity index (χ0) is 22.4. The molecular weight excluding hydrogens is 483 g/mol. The van der Waals surface area contributed by atoms with Crippen molar-refractivity contribution in [2.75, 3.05) is 0 Å². The quantitative estimate of drug-likeness (QED) is 0.478. The van der Waals surface area contributed by atoms with Gasteiger partial charge >= 0.3 is 0 Å². The lowest BCUT2D eigenvalue weighted by Gasteiger charge is -2.22. The molecule has 3 aromatic rings. The summed E-state index contributed by atoms with van der Waals surface area (Å²) < 4.78 is 42.2. The fourth-order valence-electron chi connectivity index (χ4n) is 3.06. The van der Waals surface area contributed by atoms with E-state index in [0.717, 1.165) is 27.7 Å². The maximum atomic E-state index is 13.2. The summed E-state index contributed by atoms with van der Waals surface area (Å²) in [6.07, 6.45) is 0.167. The van der Waals surface area contributed by atoms with E-state index in [0.29, 0.717) is 0 Å². The van der Waals surface area contributed by atoms with E-state index in [1.165, 1.54) is 12.1 Å². The minimum absolute atomic E-state index is 0.110. The van der Waals surface area contributed by atoms with Crippen molar-refractivity contribution in [1.29, 1.82) is 0 Å². The smallest absolute Gasteiger partial charge is 0.241 e. The lowest BCUT2D eigenvalue weighted by atomic mass is 10.0. The van der Waals surface area contributed by atoms with Crippen LogP contribution in [0.1, 0.15) is 24.1 Å². The molecule has 0 saturated heterocycles. The Kier molecular flexibility index (Phi) is 7.59. The van der Waals surface area contributed by atoms with E-state index in [-0.39, 0.29) is 17.4 Å². The van der Waals surface area contributed by atoms with Crippen molar-refractivity contribution >= 4 is 31.9 Å². The maximum absolute atomic E-state index is 13.2. The standard InChI is InChI=1S/C23H22BrFN2O3S/c1-16(18-7-9-19(24)10-8-18)26-23(28)22(15-17-5-3-2-4-6-17)27-31(29,30)21-13-11-20(25)12-14-21/h2-14,16,22,27H,15H2,1H3,(H,26,28). The summed E-state index contributed by atoms with van der Waals surface area (Å²) in [6, 6.07) is 19.7. The summed E-state index contributed by atoms with van der Waals surface area (Å²) in [5, 5.41) is 2.88. The molecule has 0 saturated carbocycles. The van der Waals surface area contributed by atoms with Crippen LogP contribution in [-0.4, -0.2) is 20.4 Å². The molecule has 8 heteroatoms. The van der Waals surface area contributed by atoms with Gasteiger partial charge in [0.25, 0.3) is 0 Å². The molecule has 0 bridgehead atoms. The lowest BCUT2D eigenvalue weighted by molar-refractivity contribution is -0.123. The van der Waals surface area contributed by atoms with Crippen LogP contribution in [0.4, 0.5) is 4.39 Å². The zero-order valence-corrected chi connectivity index (χ0v) is 19.2. The van der Waals surface area contributed by atoms with Gasteiger partial charge in [0.05, 0.1) is 10.9 Å². The second kappa shape index (κ2) is 10.2. The number of carbonyl (C=O) groups is 1. The number of carbonyl (C=O) groups excluding carboxylic acids is 1. The minimum Gasteiger partial charge on any atom is -0.348 e. The van der Waals surface area contributed by atoms with Gasteiger partial charge in [-0.2, -0.15) is 4.72 Å². The summed E-state index contributed by atoms with van der Waals surface area (Å²) in [6.45, 7) is 1.83. The van der Waals surface area contributed by atoms with Crippen LogP contribution in [0.3, 0.4) is 0 Å². The Morgan fingerprint density at radius 2 is 1.58 bits per heavy atom. The van der Waals surface area contributed by atoms with Crippen molar-refractivity contribution in [1.82, 2.24) is 10.0 Å². The summed E-state index contributed by atoms with van der Waals surface area (Å²) in [5.74, 6) is -0.995. The SMILES string of the molecule is CC(NC(=O)C(Cc1ccccc1)NS(=O)(=O)c1ccc(F)cc1)c1ccc(Br)cc1. The van der Waals surface area contributed by atoms with Gasteiger partial charge in [-0.05, 0) is 60.9 Å². The number of amides is 1. The number of sulfonamides is 1. The average molecular weight is 505 g/mol. The Morgan fingerprint density at radius 1 is 0.968 bits per heavy atom. The van der Waals surface area contributed by atoms with Gasteiger partial charge in [0, 0.05) is 4.47 Å². The normalized spacial score (nSPS) is 13.4. The van der Waals surface area contributed by atoms with Gasteiger partial charge in [0.15, 0.2) is 0 Å². The van der Waals surface area contributed by atoms with Crippen LogP contribution in [0, 0.1) is 5.82 Å². The third-order valence-corrected chi connectivity index (χ3v) is 6.77. The van der Waals surface area contributed by atoms with Gasteiger partial charge in [-0.25, -0.2) is 12.8 Å². The van der Waals surface area contributed by atoms with Crippen LogP contribution < -0.4 is 10.0 Å². The van der Waals surface area contributed by atoms with Crippen LogP contribution in [0.15, 0.2) is 88.2 Å². The van der Waals surface area contributed by atoms with Crippen LogP contribution in [-0.2, 0) is 21.2 Å². The second-order valence-corrected chi connectivity index (χ2v) is 9.73. The molecule has 1 amide bonds. The Morgan fingerprint density at radius 3 is 2.19 bits per heavy atom. The highest BCUT2D eigenvalue weighted by Crippen LogP contribution is 2.18. The topological polar surface area (TPSA) is 75.3 Å². The Balaban J connectivity index is 1.82. The molecule has 2 N–H and O–H groups in total. The number of benzene rings is 3. The zero-order valence-electron chi connectivity index (χ0n) is 16.8. The van der Waals surface area contributed by atoms with Crippen molar-refractivity contribution in [3.05, 3.63) is 100 Å². The van der Waals surface area contributed by atoms with Crippen molar-refractivity contribution in [2.24, 2.45) is 0 Å². The highest BCUT2D eigenvalue weighted by Gasteiger charge is 2.27. The average Bonchev–Trinajstić information content (AvgIpc) is 2.74. The summed E-state index contributed by atoms with van der Waals surface area (Å²) >= 11 is 3.38. The Hall–Kier alpha value is -2.55. The van der Waals surface area contributed by atoms with E-state index < -0.39 is 27.8 Å². The summed E-state index contributed by atoms with van der Waals surface area (Å²) in [7, 11) is -4.03. The highest BCUT2D eigenvalue weighted by molar-refractivity contribution is 9.10. The number of hydrogen-bond acceptors (Lipinski definition) is 3. The first-order chi connectivity index (χ1) is 14.7. The van der Waals surface area contributed by atoms with Crippen molar-refractivity contribution in [2.45, 2.75) is 30.3 Å². The lowest BCUT2D eigenvalue weighted by Crippen LogP contribution is -2.48. The Bertz CT molecular complexity index is 1120. The van der Waals surface area contributed by atoms with Gasteiger partial charge < -0.3 is 5.32 Å². The number of halogens is 2. The van der Waals surface area contributed by atoms with Crippen molar-refractivity contribution in [3.63, 3.8) is 0 Å². The van der Waals surface area contributed by atoms with E-state index >= 15 is 0 Å². The molecular formula is C23H22BrFN2O3S. The molecule has 3 rings (SSSR count). The predicted molar refractivity (Wildman–Crippen MR) is 121 cm³/mol. The molecule has 0 aliphatic heterocycles. The minimum atomic E-state index is -4.03. The monoisotopic (exact) mass is 504 g/mol. The van der Waals surface area contributed by atoms with Crippen LogP contribution >= 0.6 is 15.9 Å². The Labute approximate surface area is 189 Å². The second-order valence-electron chi connectivity index (χ2n) is 7.10. The number of rotatable bonds is 8. The van der Waals surface area contributed by atoms with Gasteiger partial charge in [-0.1, -0.05) is 58.4 Å². The third kappa shape index (κ3) is 6.46. The van der Waals surface area contributed by atoms with Gasteiger partial charge in [0.1, 0.15) is 11.9 Å². The first kappa shape index (κ1) is 23.1. The van der Waals surface area contributed by atoms with E-state index in [9.17, 15) is 17.6 Å². The molecule has 0 radical (unpaired) electrons. The number of hydrogen-bond donors (Lipinski definition) is 2.